The van der Waals surface area contributed by atoms with E-state index in [4.69, 9.17) is 15.7 Å². The normalized spacial score (nSPS) is 15.1. The summed E-state index contributed by atoms with van der Waals surface area (Å²) in [6.45, 7) is 1.80. The summed E-state index contributed by atoms with van der Waals surface area (Å²) in [6.07, 6.45) is -1.11. The Morgan fingerprint density at radius 1 is 1.31 bits per heavy atom. The molecule has 0 radical (unpaired) electrons. The zero-order valence-electron chi connectivity index (χ0n) is 17.4. The Kier molecular flexibility index (Phi) is 6.90. The highest BCUT2D eigenvalue weighted by Gasteiger charge is 2.32. The summed E-state index contributed by atoms with van der Waals surface area (Å²) in [7, 11) is 0. The van der Waals surface area contributed by atoms with E-state index in [1.165, 1.54) is 22.8 Å². The molecule has 166 valence electrons. The summed E-state index contributed by atoms with van der Waals surface area (Å²) >= 11 is 0. The number of amides is 4. The summed E-state index contributed by atoms with van der Waals surface area (Å²) in [5.41, 5.74) is 7.30. The average molecular weight is 439 g/mol. The topological polar surface area (TPSA) is 129 Å². The molecule has 1 fully saturated rings. The molecule has 0 unspecified atom stereocenters. The highest BCUT2D eigenvalue weighted by Crippen LogP contribution is 2.29. The van der Waals surface area contributed by atoms with E-state index < -0.39 is 24.0 Å². The van der Waals surface area contributed by atoms with Gasteiger partial charge in [0, 0.05) is 19.0 Å². The maximum Gasteiger partial charge on any atom is 0.414 e. The maximum absolute atomic E-state index is 14.8. The van der Waals surface area contributed by atoms with Crippen LogP contribution in [0.25, 0.3) is 11.1 Å². The fourth-order valence-corrected chi connectivity index (χ4v) is 3.31. The predicted octanol–water partition coefficient (Wildman–Crippen LogP) is 2.36. The van der Waals surface area contributed by atoms with Crippen molar-refractivity contribution in [2.24, 2.45) is 5.73 Å². The molecule has 0 saturated carbocycles. The minimum atomic E-state index is -0.697. The van der Waals surface area contributed by atoms with E-state index in [1.54, 1.807) is 36.4 Å². The zero-order chi connectivity index (χ0) is 23.3. The molecule has 10 heteroatoms. The standard InChI is InChI=1S/C22H22FN5O4/c1-14(29)26-11-18-13-28(22(31)32-18)17-6-7-19(20(23)10-17)16-4-2-15(3-5-16)12-27(9-8-24)21(25)30/h2-7,10,18H,9,11-13H2,1H3,(H2,25,30)(H,26,29)/t18-/m0/s1. The molecule has 1 saturated heterocycles. The Labute approximate surface area is 184 Å². The Bertz CT molecular complexity index is 1070. The summed E-state index contributed by atoms with van der Waals surface area (Å²) in [4.78, 5) is 37.0. The monoisotopic (exact) mass is 439 g/mol. The molecule has 1 atom stereocenters. The van der Waals surface area contributed by atoms with Crippen LogP contribution in [0.3, 0.4) is 0 Å². The minimum absolute atomic E-state index is 0.127. The molecular formula is C22H22FN5O4. The average Bonchev–Trinajstić information content (AvgIpc) is 3.13. The van der Waals surface area contributed by atoms with Gasteiger partial charge in [-0.25, -0.2) is 14.0 Å². The van der Waals surface area contributed by atoms with Crippen molar-refractivity contribution in [3.63, 3.8) is 0 Å². The van der Waals surface area contributed by atoms with Crippen LogP contribution in [0.5, 0.6) is 0 Å². The molecule has 0 spiro atoms. The molecule has 3 rings (SSSR count). The second kappa shape index (κ2) is 9.78. The number of nitrogens with one attached hydrogen (secondary N) is 1. The first-order valence-electron chi connectivity index (χ1n) is 9.81. The summed E-state index contributed by atoms with van der Waals surface area (Å²) in [5.74, 6) is -0.745. The van der Waals surface area contributed by atoms with Crippen LogP contribution in [0.4, 0.5) is 19.7 Å². The Morgan fingerprint density at radius 2 is 2.03 bits per heavy atom. The van der Waals surface area contributed by atoms with E-state index in [2.05, 4.69) is 5.32 Å². The second-order valence-corrected chi connectivity index (χ2v) is 7.27. The van der Waals surface area contributed by atoms with Gasteiger partial charge in [-0.05, 0) is 29.3 Å². The number of nitriles is 1. The largest absolute Gasteiger partial charge is 0.442 e. The second-order valence-electron chi connectivity index (χ2n) is 7.27. The third-order valence-electron chi connectivity index (χ3n) is 4.93. The van der Waals surface area contributed by atoms with Gasteiger partial charge in [0.25, 0.3) is 0 Å². The SMILES string of the molecule is CC(=O)NC[C@H]1CN(c2ccc(-c3ccc(CN(CC#N)C(N)=O)cc3)c(F)c2)C(=O)O1. The maximum atomic E-state index is 14.8. The number of rotatable bonds is 7. The van der Waals surface area contributed by atoms with Crippen molar-refractivity contribution >= 4 is 23.7 Å². The number of benzene rings is 2. The van der Waals surface area contributed by atoms with Crippen LogP contribution in [0.2, 0.25) is 0 Å². The van der Waals surface area contributed by atoms with Crippen molar-refractivity contribution in [1.29, 1.82) is 5.26 Å². The number of nitrogens with two attached hydrogens (primary N) is 1. The van der Waals surface area contributed by atoms with Crippen molar-refractivity contribution in [2.45, 2.75) is 19.6 Å². The molecule has 2 aromatic carbocycles. The molecule has 2 aromatic rings. The summed E-state index contributed by atoms with van der Waals surface area (Å²) in [5, 5.41) is 11.4. The first kappa shape index (κ1) is 22.6. The van der Waals surface area contributed by atoms with Crippen LogP contribution in [0.15, 0.2) is 42.5 Å². The van der Waals surface area contributed by atoms with Gasteiger partial charge in [0.1, 0.15) is 18.5 Å². The first-order chi connectivity index (χ1) is 15.3. The highest BCUT2D eigenvalue weighted by molar-refractivity contribution is 5.90. The number of primary amides is 1. The number of anilines is 1. The first-order valence-corrected chi connectivity index (χ1v) is 9.81. The number of urea groups is 1. The van der Waals surface area contributed by atoms with Crippen molar-refractivity contribution in [1.82, 2.24) is 10.2 Å². The minimum Gasteiger partial charge on any atom is -0.442 e. The molecule has 9 nitrogen and oxygen atoms in total. The number of nitrogens with zero attached hydrogens (tertiary/aromatic N) is 3. The molecular weight excluding hydrogens is 417 g/mol. The number of hydrogen-bond donors (Lipinski definition) is 2. The smallest absolute Gasteiger partial charge is 0.414 e. The lowest BCUT2D eigenvalue weighted by Gasteiger charge is -2.17. The van der Waals surface area contributed by atoms with Crippen LogP contribution in [0.1, 0.15) is 12.5 Å². The van der Waals surface area contributed by atoms with Crippen molar-refractivity contribution in [3.8, 4) is 17.2 Å². The Balaban J connectivity index is 1.71. The van der Waals surface area contributed by atoms with Gasteiger partial charge in [-0.3, -0.25) is 9.69 Å². The van der Waals surface area contributed by atoms with Crippen molar-refractivity contribution in [2.75, 3.05) is 24.5 Å². The number of hydrogen-bond acceptors (Lipinski definition) is 5. The van der Waals surface area contributed by atoms with Crippen molar-refractivity contribution in [3.05, 3.63) is 53.8 Å². The van der Waals surface area contributed by atoms with Gasteiger partial charge in [0.15, 0.2) is 0 Å². The van der Waals surface area contributed by atoms with Crippen LogP contribution in [-0.2, 0) is 16.1 Å². The predicted molar refractivity (Wildman–Crippen MR) is 114 cm³/mol. The molecule has 1 heterocycles. The van der Waals surface area contributed by atoms with Gasteiger partial charge in [0.2, 0.25) is 5.91 Å². The third-order valence-corrected chi connectivity index (χ3v) is 4.93. The Hall–Kier alpha value is -4.13. The highest BCUT2D eigenvalue weighted by atomic mass is 19.1. The zero-order valence-corrected chi connectivity index (χ0v) is 17.4. The van der Waals surface area contributed by atoms with Gasteiger partial charge in [-0.15, -0.1) is 0 Å². The lowest BCUT2D eigenvalue weighted by Crippen LogP contribution is -2.35. The van der Waals surface area contributed by atoms with Crippen molar-refractivity contribution < 1.29 is 23.5 Å². The number of halogens is 1. The fourth-order valence-electron chi connectivity index (χ4n) is 3.31. The van der Waals surface area contributed by atoms with Gasteiger partial charge in [-0.2, -0.15) is 5.26 Å². The van der Waals surface area contributed by atoms with Gasteiger partial charge in [0.05, 0.1) is 24.8 Å². The quantitative estimate of drug-likeness (QED) is 0.640. The fraction of sp³-hybridized carbons (Fsp3) is 0.273. The van der Waals surface area contributed by atoms with Gasteiger partial charge < -0.3 is 20.7 Å². The molecule has 4 amide bonds. The van der Waals surface area contributed by atoms with E-state index in [1.807, 2.05) is 6.07 Å². The molecule has 3 N–H and O–H groups in total. The summed E-state index contributed by atoms with van der Waals surface area (Å²) in [6, 6.07) is 12.5. The van der Waals surface area contributed by atoms with E-state index in [0.717, 1.165) is 5.56 Å². The molecule has 0 aliphatic carbocycles. The number of carbonyl (C=O) groups is 3. The molecule has 1 aliphatic rings. The lowest BCUT2D eigenvalue weighted by molar-refractivity contribution is -0.119. The molecule has 1 aliphatic heterocycles. The lowest BCUT2D eigenvalue weighted by atomic mass is 10.0. The summed E-state index contributed by atoms with van der Waals surface area (Å²) < 4.78 is 20.0. The molecule has 0 aromatic heterocycles. The van der Waals surface area contributed by atoms with E-state index in [9.17, 15) is 18.8 Å². The van der Waals surface area contributed by atoms with Crippen LogP contribution < -0.4 is 16.0 Å². The number of cyclic esters (lactones) is 1. The third kappa shape index (κ3) is 5.31. The van der Waals surface area contributed by atoms with Crippen LogP contribution in [-0.4, -0.2) is 48.7 Å². The Morgan fingerprint density at radius 3 is 2.62 bits per heavy atom. The number of carbonyl (C=O) groups excluding carboxylic acids is 3. The van der Waals surface area contributed by atoms with Gasteiger partial charge in [-0.1, -0.05) is 24.3 Å². The molecule has 0 bridgehead atoms. The van der Waals surface area contributed by atoms with Crippen LogP contribution >= 0.6 is 0 Å². The number of ether oxygens (including phenoxy) is 1. The molecule has 32 heavy (non-hydrogen) atoms. The van der Waals surface area contributed by atoms with Crippen LogP contribution in [0, 0.1) is 17.1 Å². The van der Waals surface area contributed by atoms with E-state index in [0.29, 0.717) is 16.8 Å². The van der Waals surface area contributed by atoms with Gasteiger partial charge >= 0.3 is 12.1 Å². The van der Waals surface area contributed by atoms with E-state index in [-0.39, 0.29) is 32.1 Å². The van der Waals surface area contributed by atoms with E-state index >= 15 is 0 Å².